The van der Waals surface area contributed by atoms with Crippen LogP contribution in [0.15, 0.2) is 48.5 Å². The van der Waals surface area contributed by atoms with Crippen molar-refractivity contribution in [1.29, 1.82) is 0 Å². The van der Waals surface area contributed by atoms with E-state index in [2.05, 4.69) is 5.32 Å². The lowest BCUT2D eigenvalue weighted by Gasteiger charge is -2.33. The maximum absolute atomic E-state index is 12.9. The number of nitrogens with zero attached hydrogens (tertiary/aromatic N) is 1. The molecular weight excluding hydrogens is 356 g/mol. The highest BCUT2D eigenvalue weighted by atomic mass is 16.4. The lowest BCUT2D eigenvalue weighted by atomic mass is 9.89. The van der Waals surface area contributed by atoms with Gasteiger partial charge < -0.3 is 15.3 Å². The number of hydrogen-bond acceptors (Lipinski definition) is 3. The molecule has 1 aliphatic heterocycles. The SMILES string of the molecule is CC1CC1C(=O)Nc1ccc(C(=O)N2Cc3ccccc3C(C(=O)O)C2)cc1. The molecule has 1 aliphatic carbocycles. The fourth-order valence-electron chi connectivity index (χ4n) is 3.77. The Labute approximate surface area is 163 Å². The number of rotatable bonds is 4. The molecule has 2 N–H and O–H groups in total. The Hall–Kier alpha value is -3.15. The minimum absolute atomic E-state index is 0.0171. The number of carbonyl (C=O) groups is 3. The van der Waals surface area contributed by atoms with Crippen molar-refractivity contribution in [3.63, 3.8) is 0 Å². The van der Waals surface area contributed by atoms with Crippen LogP contribution >= 0.6 is 0 Å². The third kappa shape index (κ3) is 3.50. The van der Waals surface area contributed by atoms with Crippen LogP contribution < -0.4 is 5.32 Å². The van der Waals surface area contributed by atoms with Crippen molar-refractivity contribution in [2.24, 2.45) is 11.8 Å². The molecule has 6 nitrogen and oxygen atoms in total. The summed E-state index contributed by atoms with van der Waals surface area (Å²) in [7, 11) is 0. The summed E-state index contributed by atoms with van der Waals surface area (Å²) in [6.45, 7) is 2.58. The van der Waals surface area contributed by atoms with E-state index >= 15 is 0 Å². The van der Waals surface area contributed by atoms with E-state index in [1.165, 1.54) is 0 Å². The van der Waals surface area contributed by atoms with E-state index in [0.29, 0.717) is 23.7 Å². The highest BCUT2D eigenvalue weighted by Gasteiger charge is 2.39. The fourth-order valence-corrected chi connectivity index (χ4v) is 3.77. The Morgan fingerprint density at radius 3 is 2.39 bits per heavy atom. The van der Waals surface area contributed by atoms with Gasteiger partial charge in [0.25, 0.3) is 5.91 Å². The van der Waals surface area contributed by atoms with Crippen LogP contribution in [-0.2, 0) is 16.1 Å². The van der Waals surface area contributed by atoms with Gasteiger partial charge in [-0.15, -0.1) is 0 Å². The van der Waals surface area contributed by atoms with Crippen LogP contribution in [0.1, 0.15) is 40.7 Å². The van der Waals surface area contributed by atoms with Gasteiger partial charge in [-0.1, -0.05) is 31.2 Å². The number of carbonyl (C=O) groups excluding carboxylic acids is 2. The summed E-state index contributed by atoms with van der Waals surface area (Å²) in [5.74, 6) is -1.34. The second-order valence-electron chi connectivity index (χ2n) is 7.66. The van der Waals surface area contributed by atoms with Gasteiger partial charge in [-0.25, -0.2) is 0 Å². The molecule has 3 atom stereocenters. The summed E-state index contributed by atoms with van der Waals surface area (Å²) in [6, 6.07) is 14.1. The van der Waals surface area contributed by atoms with Crippen molar-refractivity contribution in [2.75, 3.05) is 11.9 Å². The van der Waals surface area contributed by atoms with E-state index in [9.17, 15) is 19.5 Å². The van der Waals surface area contributed by atoms with E-state index in [1.807, 2.05) is 31.2 Å². The van der Waals surface area contributed by atoms with Crippen LogP contribution in [0.3, 0.4) is 0 Å². The molecule has 28 heavy (non-hydrogen) atoms. The molecule has 144 valence electrons. The molecule has 0 radical (unpaired) electrons. The van der Waals surface area contributed by atoms with Gasteiger partial charge in [-0.3, -0.25) is 14.4 Å². The van der Waals surface area contributed by atoms with Crippen molar-refractivity contribution >= 4 is 23.5 Å². The Bertz CT molecular complexity index is 938. The molecule has 0 bridgehead atoms. The molecule has 1 fully saturated rings. The highest BCUT2D eigenvalue weighted by molar-refractivity contribution is 5.97. The molecule has 0 saturated heterocycles. The fraction of sp³-hybridized carbons (Fsp3) is 0.318. The molecule has 4 rings (SSSR count). The number of carboxylic acids is 1. The van der Waals surface area contributed by atoms with E-state index in [4.69, 9.17) is 0 Å². The number of carboxylic acid groups (broad SMARTS) is 1. The third-order valence-electron chi connectivity index (χ3n) is 5.63. The molecule has 1 heterocycles. The minimum Gasteiger partial charge on any atom is -0.481 e. The zero-order chi connectivity index (χ0) is 19.8. The van der Waals surface area contributed by atoms with Gasteiger partial charge in [0.1, 0.15) is 0 Å². The second-order valence-corrected chi connectivity index (χ2v) is 7.66. The molecule has 0 aromatic heterocycles. The summed E-state index contributed by atoms with van der Waals surface area (Å²) < 4.78 is 0. The topological polar surface area (TPSA) is 86.7 Å². The van der Waals surface area contributed by atoms with Crippen LogP contribution in [0.4, 0.5) is 5.69 Å². The smallest absolute Gasteiger partial charge is 0.312 e. The average molecular weight is 378 g/mol. The Balaban J connectivity index is 1.48. The van der Waals surface area contributed by atoms with E-state index in [1.54, 1.807) is 29.2 Å². The molecule has 2 aliphatic rings. The van der Waals surface area contributed by atoms with Crippen molar-refractivity contribution in [2.45, 2.75) is 25.8 Å². The molecule has 0 spiro atoms. The van der Waals surface area contributed by atoms with E-state index in [0.717, 1.165) is 17.5 Å². The Morgan fingerprint density at radius 1 is 1.07 bits per heavy atom. The molecule has 6 heteroatoms. The summed E-state index contributed by atoms with van der Waals surface area (Å²) in [4.78, 5) is 38.2. The first-order valence-corrected chi connectivity index (χ1v) is 9.45. The molecule has 3 unspecified atom stereocenters. The maximum atomic E-state index is 12.9. The minimum atomic E-state index is -0.933. The van der Waals surface area contributed by atoms with Crippen molar-refractivity contribution < 1.29 is 19.5 Å². The van der Waals surface area contributed by atoms with E-state index in [-0.39, 0.29) is 24.3 Å². The standard InChI is InChI=1S/C22H22N2O4/c1-13-10-18(13)20(25)23-16-8-6-14(7-9-16)21(26)24-11-15-4-2-3-5-17(15)19(12-24)22(27)28/h2-9,13,18-19H,10-12H2,1H3,(H,23,25)(H,27,28). The summed E-state index contributed by atoms with van der Waals surface area (Å²) in [5.41, 5.74) is 2.76. The van der Waals surface area contributed by atoms with E-state index < -0.39 is 11.9 Å². The number of fused-ring (bicyclic) bond motifs is 1. The largest absolute Gasteiger partial charge is 0.481 e. The Morgan fingerprint density at radius 2 is 1.75 bits per heavy atom. The lowest BCUT2D eigenvalue weighted by Crippen LogP contribution is -2.40. The first kappa shape index (κ1) is 18.2. The quantitative estimate of drug-likeness (QED) is 0.856. The van der Waals surface area contributed by atoms with Crippen molar-refractivity contribution in [3.8, 4) is 0 Å². The molecule has 1 saturated carbocycles. The number of aliphatic carboxylic acids is 1. The monoisotopic (exact) mass is 378 g/mol. The maximum Gasteiger partial charge on any atom is 0.312 e. The summed E-state index contributed by atoms with van der Waals surface area (Å²) in [5, 5.41) is 12.4. The molecule has 2 amide bonds. The Kier molecular flexibility index (Phi) is 4.63. The van der Waals surface area contributed by atoms with Crippen molar-refractivity contribution in [1.82, 2.24) is 4.90 Å². The van der Waals surface area contributed by atoms with Gasteiger partial charge in [-0.2, -0.15) is 0 Å². The predicted molar refractivity (Wildman–Crippen MR) is 104 cm³/mol. The lowest BCUT2D eigenvalue weighted by molar-refractivity contribution is -0.139. The first-order valence-electron chi connectivity index (χ1n) is 9.45. The predicted octanol–water partition coefficient (Wildman–Crippen LogP) is 3.11. The first-order chi connectivity index (χ1) is 13.4. The van der Waals surface area contributed by atoms with Crippen LogP contribution in [0.2, 0.25) is 0 Å². The summed E-state index contributed by atoms with van der Waals surface area (Å²) >= 11 is 0. The number of anilines is 1. The van der Waals surface area contributed by atoms with Crippen LogP contribution in [0, 0.1) is 11.8 Å². The summed E-state index contributed by atoms with van der Waals surface area (Å²) in [6.07, 6.45) is 0.920. The molecule has 2 aromatic carbocycles. The number of nitrogens with one attached hydrogen (secondary N) is 1. The van der Waals surface area contributed by atoms with Crippen LogP contribution in [0.25, 0.3) is 0 Å². The molecular formula is C22H22N2O4. The molecule has 2 aromatic rings. The zero-order valence-electron chi connectivity index (χ0n) is 15.6. The average Bonchev–Trinajstić information content (AvgIpc) is 3.44. The number of benzene rings is 2. The normalized spacial score (nSPS) is 22.9. The number of amides is 2. The van der Waals surface area contributed by atoms with Gasteiger partial charge in [-0.05, 0) is 47.7 Å². The third-order valence-corrected chi connectivity index (χ3v) is 5.63. The second kappa shape index (κ2) is 7.11. The number of hydrogen-bond donors (Lipinski definition) is 2. The highest BCUT2D eigenvalue weighted by Crippen LogP contribution is 2.38. The van der Waals surface area contributed by atoms with Gasteiger partial charge >= 0.3 is 5.97 Å². The van der Waals surface area contributed by atoms with Crippen LogP contribution in [-0.4, -0.2) is 34.3 Å². The van der Waals surface area contributed by atoms with Gasteiger partial charge in [0.15, 0.2) is 0 Å². The van der Waals surface area contributed by atoms with Gasteiger partial charge in [0.2, 0.25) is 5.91 Å². The van der Waals surface area contributed by atoms with Crippen molar-refractivity contribution in [3.05, 3.63) is 65.2 Å². The zero-order valence-corrected chi connectivity index (χ0v) is 15.6. The van der Waals surface area contributed by atoms with Gasteiger partial charge in [0, 0.05) is 30.3 Å². The van der Waals surface area contributed by atoms with Gasteiger partial charge in [0.05, 0.1) is 5.92 Å². The van der Waals surface area contributed by atoms with Crippen LogP contribution in [0.5, 0.6) is 0 Å².